The number of carboxylic acid groups (broad SMARTS) is 2. The summed E-state index contributed by atoms with van der Waals surface area (Å²) in [6.07, 6.45) is -11.1. The zero-order valence-electron chi connectivity index (χ0n) is 45.8. The molecule has 0 saturated carbocycles. The van der Waals surface area contributed by atoms with Gasteiger partial charge in [0.25, 0.3) is 35.4 Å². The van der Waals surface area contributed by atoms with Gasteiger partial charge < -0.3 is 86.3 Å². The first-order valence-corrected chi connectivity index (χ1v) is 25.0. The van der Waals surface area contributed by atoms with Gasteiger partial charge in [-0.25, -0.2) is 4.79 Å². The lowest BCUT2D eigenvalue weighted by Crippen LogP contribution is -2.70. The third-order valence-corrected chi connectivity index (χ3v) is 10.9. The Bertz CT molecular complexity index is 2310. The largest absolute Gasteiger partial charge is 0.481 e. The molecular weight excluding hydrogens is 1090 g/mol. The van der Waals surface area contributed by atoms with Crippen molar-refractivity contribution < 1.29 is 96.5 Å². The Morgan fingerprint density at radius 3 is 1.33 bits per heavy atom. The maximum Gasteiger partial charge on any atom is 0.343 e. The molecule has 0 bridgehead atoms. The van der Waals surface area contributed by atoms with Crippen molar-refractivity contribution in [2.75, 3.05) is 13.7 Å². The Morgan fingerprint density at radius 2 is 0.902 bits per heavy atom. The molecule has 0 aromatic rings. The van der Waals surface area contributed by atoms with Crippen molar-refractivity contribution in [1.82, 2.24) is 68.7 Å². The number of amides is 7. The average Bonchev–Trinajstić information content (AvgIpc) is 3.46. The molecule has 0 rings (SSSR count). The summed E-state index contributed by atoms with van der Waals surface area (Å²) in [5.74, 6) is -14.4. The second kappa shape index (κ2) is 39.1. The molecule has 16 N–H and O–H groups in total. The number of carboxylic acids is 2. The van der Waals surface area contributed by atoms with Crippen LogP contribution in [0.15, 0.2) is 25.3 Å². The van der Waals surface area contributed by atoms with Crippen molar-refractivity contribution in [3.05, 3.63) is 25.3 Å². The Labute approximate surface area is 470 Å². The Hall–Kier alpha value is -8.41. The molecule has 0 aromatic heterocycles. The van der Waals surface area contributed by atoms with Gasteiger partial charge in [0.05, 0.1) is 49.4 Å². The summed E-state index contributed by atoms with van der Waals surface area (Å²) in [5.41, 5.74) is 5.93. The quantitative estimate of drug-likeness (QED) is 0.00885. The number of ketones is 1. The van der Waals surface area contributed by atoms with Crippen LogP contribution in [0.4, 0.5) is 0 Å². The molecule has 456 valence electrons. The van der Waals surface area contributed by atoms with Gasteiger partial charge in [0.15, 0.2) is 48.8 Å². The predicted octanol–water partition coefficient (Wildman–Crippen LogP) is -8.17. The molecule has 0 heterocycles. The molecule has 0 saturated heterocycles. The van der Waals surface area contributed by atoms with Crippen LogP contribution in [-0.2, 0) is 86.2 Å². The number of nitrogens with one attached hydrogen (secondary N) is 12. The summed E-state index contributed by atoms with van der Waals surface area (Å²) in [6.45, 7) is 12.5. The number of hydrogen-bond donors (Lipinski definition) is 15. The van der Waals surface area contributed by atoms with E-state index in [1.54, 1.807) is 0 Å². The third-order valence-electron chi connectivity index (χ3n) is 10.9. The van der Waals surface area contributed by atoms with Crippen LogP contribution in [0.2, 0.25) is 0 Å². The Balaban J connectivity index is 7.68. The Kier molecular flexibility index (Phi) is 35.1. The van der Waals surface area contributed by atoms with E-state index in [1.807, 2.05) is 0 Å². The highest BCUT2D eigenvalue weighted by molar-refractivity contribution is 6.10. The fourth-order valence-corrected chi connectivity index (χ4v) is 6.62. The number of carbonyl (C=O) groups excluding carboxylic acids is 15. The van der Waals surface area contributed by atoms with Crippen LogP contribution in [0.1, 0.15) is 73.1 Å². The van der Waals surface area contributed by atoms with Gasteiger partial charge in [-0.3, -0.25) is 79.8 Å². The molecular formula is C48H74N14O20. The minimum absolute atomic E-state index is 0.0643. The van der Waals surface area contributed by atoms with Crippen LogP contribution < -0.4 is 69.5 Å². The highest BCUT2D eigenvalue weighted by Gasteiger charge is 2.41. The first-order chi connectivity index (χ1) is 38.6. The number of nitrogens with zero attached hydrogens (tertiary/aromatic N) is 1. The summed E-state index contributed by atoms with van der Waals surface area (Å²) < 4.78 is 4.66. The van der Waals surface area contributed by atoms with Gasteiger partial charge in [0.2, 0.25) is 5.91 Å². The lowest BCUT2D eigenvalue weighted by Gasteiger charge is -2.36. The number of rotatable bonds is 45. The molecule has 14 atom stereocenters. The minimum Gasteiger partial charge on any atom is -0.481 e. The van der Waals surface area contributed by atoms with E-state index in [4.69, 9.17) is 10.8 Å². The zero-order valence-corrected chi connectivity index (χ0v) is 45.8. The normalized spacial score (nSPS) is 16.0. The van der Waals surface area contributed by atoms with Crippen molar-refractivity contribution in [3.8, 4) is 0 Å². The van der Waals surface area contributed by atoms with Gasteiger partial charge in [-0.15, -0.1) is 13.2 Å². The summed E-state index contributed by atoms with van der Waals surface area (Å²) in [4.78, 5) is 219. The molecule has 0 fully saturated rings. The zero-order chi connectivity index (χ0) is 62.8. The Morgan fingerprint density at radius 1 is 0.500 bits per heavy atom. The van der Waals surface area contributed by atoms with Crippen LogP contribution in [0.5, 0.6) is 0 Å². The standard InChI is InChI=1S/C48H74N14O20/c1-9-11-12-31(69)56-34(35(74)30(49)14-16-33(72)73)42(75)60-39(52-26(5)20-65)47(80)62(17-10-2)41(54-28(7)22-67)46(79)59-37(51-25(4)19-64)44(77)57-36(50-24(3)18-63)43(76)58-38(55-29(23-68)13-15-32(70)71)45(78)61-40(48(81)82-8)53-27(6)21-66/h9-10,18-30,34,36-41,50-55H,1-2,11-17,49H2,3-8H3,(H,56,69)(H,57,77)(H,58,76)(H,59,79)(H,60,75)(H,61,78)(H,70,71)(H,72,73)/t24-,25-,26-,27-,28-,29+,30-,34-,36+,37+,38+,39+,40+,41+/m0/s1. The van der Waals surface area contributed by atoms with Crippen molar-refractivity contribution in [2.24, 2.45) is 5.73 Å². The number of allylic oxidation sites excluding steroid dienone is 1. The lowest BCUT2D eigenvalue weighted by atomic mass is 10.00. The number of hydrogen-bond acceptors (Lipinski definition) is 25. The first kappa shape index (κ1) is 73.6. The molecule has 34 heteroatoms. The monoisotopic (exact) mass is 1170 g/mol. The molecule has 34 nitrogen and oxygen atoms in total. The lowest BCUT2D eigenvalue weighted by molar-refractivity contribution is -0.147. The van der Waals surface area contributed by atoms with Crippen molar-refractivity contribution >= 4 is 103 Å². The maximum absolute atomic E-state index is 14.7. The SMILES string of the molecule is C=CCCC(=O)N[C@H](C(=O)N[C@@H](N[C@@H](C)C=O)C(=O)N(CC=C)[C@@H](N[C@@H](C)C=O)C(=O)N[C@@H](N[C@@H](C)C=O)C(=O)N[C@@H](N[C@@H](C)C=O)C(=O)N[C@@H](N[C@@H](C=O)CCC(=O)O)C(=O)N[C@@H](N[C@@H](C)C=O)C(=O)OC)C(=O)[C@@H](N)CCC(=O)O. The van der Waals surface area contributed by atoms with E-state index in [0.717, 1.165) is 13.2 Å². The topological polar surface area (TPSA) is 513 Å². The highest BCUT2D eigenvalue weighted by Crippen LogP contribution is 2.08. The molecule has 0 aromatic carbocycles. The third kappa shape index (κ3) is 27.2. The summed E-state index contributed by atoms with van der Waals surface area (Å²) in [7, 11) is 0.925. The van der Waals surface area contributed by atoms with E-state index >= 15 is 0 Å². The van der Waals surface area contributed by atoms with Gasteiger partial charge in [-0.2, -0.15) is 0 Å². The van der Waals surface area contributed by atoms with Crippen molar-refractivity contribution in [2.45, 2.75) is 158 Å². The van der Waals surface area contributed by atoms with Crippen LogP contribution >= 0.6 is 0 Å². The van der Waals surface area contributed by atoms with E-state index in [1.165, 1.54) is 40.7 Å². The number of carbonyl (C=O) groups is 17. The van der Waals surface area contributed by atoms with Crippen LogP contribution in [-0.4, -0.2) is 217 Å². The molecule has 0 aliphatic heterocycles. The van der Waals surface area contributed by atoms with E-state index in [-0.39, 0.29) is 44.3 Å². The first-order valence-electron chi connectivity index (χ1n) is 25.0. The number of nitrogens with two attached hydrogens (primary N) is 1. The fourth-order valence-electron chi connectivity index (χ4n) is 6.62. The fraction of sp³-hybridized carbons (Fsp3) is 0.562. The van der Waals surface area contributed by atoms with Crippen molar-refractivity contribution in [3.63, 3.8) is 0 Å². The maximum atomic E-state index is 14.7. The summed E-state index contributed by atoms with van der Waals surface area (Å²) >= 11 is 0. The van der Waals surface area contributed by atoms with Gasteiger partial charge in [-0.05, 0) is 53.9 Å². The van der Waals surface area contributed by atoms with Gasteiger partial charge in [0.1, 0.15) is 37.7 Å². The number of methoxy groups -OCH3 is 1. The van der Waals surface area contributed by atoms with Gasteiger partial charge in [-0.1, -0.05) is 12.2 Å². The van der Waals surface area contributed by atoms with E-state index in [9.17, 15) is 86.6 Å². The van der Waals surface area contributed by atoms with Gasteiger partial charge >= 0.3 is 17.9 Å². The minimum atomic E-state index is -2.19. The van der Waals surface area contributed by atoms with E-state index in [0.29, 0.717) is 11.2 Å². The molecule has 0 aliphatic rings. The highest BCUT2D eigenvalue weighted by atomic mass is 16.5. The average molecular weight is 1170 g/mol. The van der Waals surface area contributed by atoms with Crippen LogP contribution in [0.3, 0.4) is 0 Å². The second-order valence-electron chi connectivity index (χ2n) is 18.0. The molecule has 0 aliphatic carbocycles. The summed E-state index contributed by atoms with van der Waals surface area (Å²) in [6, 6.07) is -11.8. The second-order valence-corrected chi connectivity index (χ2v) is 18.0. The smallest absolute Gasteiger partial charge is 0.343 e. The van der Waals surface area contributed by atoms with Crippen molar-refractivity contribution in [1.29, 1.82) is 0 Å². The van der Waals surface area contributed by atoms with Gasteiger partial charge in [0, 0.05) is 25.8 Å². The number of esters is 1. The van der Waals surface area contributed by atoms with E-state index in [2.05, 4.69) is 81.7 Å². The van der Waals surface area contributed by atoms with Crippen LogP contribution in [0.25, 0.3) is 0 Å². The predicted molar refractivity (Wildman–Crippen MR) is 282 cm³/mol. The molecule has 0 spiro atoms. The molecule has 82 heavy (non-hydrogen) atoms. The number of ether oxygens (including phenoxy) is 1. The summed E-state index contributed by atoms with van der Waals surface area (Å²) in [5, 5.41) is 46.1. The van der Waals surface area contributed by atoms with Crippen LogP contribution in [0, 0.1) is 0 Å². The number of aliphatic carboxylic acids is 2. The molecule has 0 unspecified atom stereocenters. The van der Waals surface area contributed by atoms with E-state index < -0.39 is 183 Å². The number of Topliss-reactive ketones (excluding diaryl/α,β-unsaturated/α-hetero) is 1. The number of aldehydes is 6. The molecule has 7 amide bonds. The molecule has 0 radical (unpaired) electrons.